The molecule has 0 radical (unpaired) electrons. The maximum atomic E-state index is 13.1. The maximum Gasteiger partial charge on any atom is 0.289 e. The standard InChI is InChI=1S/C22H27ClF2N4O5/c1-11-7-13(20(32)27-11)8-17(18(30)22(34)26-2)29-21(33)15-9-14(23)3-4-16(15)28-19(31)12(10-25)5-6-24/h3-4,9,11-13,17H,5-8,10H2,1-2H3,(H,26,34)(H,27,32)(H,28,31)(H,29,33)/t11-,12?,13+,17+/m1/s1. The maximum absolute atomic E-state index is 13.1. The van der Waals surface area contributed by atoms with Gasteiger partial charge in [-0.2, -0.15) is 0 Å². The first-order chi connectivity index (χ1) is 16.1. The third kappa shape index (κ3) is 6.96. The van der Waals surface area contributed by atoms with Crippen LogP contribution in [0.4, 0.5) is 14.5 Å². The summed E-state index contributed by atoms with van der Waals surface area (Å²) in [6, 6.07) is 2.46. The summed E-state index contributed by atoms with van der Waals surface area (Å²) in [5.74, 6) is -5.72. The summed E-state index contributed by atoms with van der Waals surface area (Å²) in [5, 5.41) is 9.88. The summed E-state index contributed by atoms with van der Waals surface area (Å²) < 4.78 is 25.7. The first kappa shape index (κ1) is 27.2. The lowest BCUT2D eigenvalue weighted by Crippen LogP contribution is -2.48. The fraction of sp³-hybridized carbons (Fsp3) is 0.500. The molecule has 0 spiro atoms. The van der Waals surface area contributed by atoms with Gasteiger partial charge in [0.15, 0.2) is 0 Å². The van der Waals surface area contributed by atoms with Gasteiger partial charge in [-0.1, -0.05) is 11.6 Å². The van der Waals surface area contributed by atoms with Crippen molar-refractivity contribution in [2.75, 3.05) is 25.7 Å². The van der Waals surface area contributed by atoms with Gasteiger partial charge in [0, 0.05) is 24.0 Å². The number of likely N-dealkylation sites (N-methyl/N-ethyl adjacent to an activating group) is 1. The molecule has 1 aliphatic heterocycles. The van der Waals surface area contributed by atoms with Crippen LogP contribution in [0.5, 0.6) is 0 Å². The van der Waals surface area contributed by atoms with E-state index in [0.29, 0.717) is 6.42 Å². The zero-order valence-electron chi connectivity index (χ0n) is 18.8. The van der Waals surface area contributed by atoms with Gasteiger partial charge < -0.3 is 21.3 Å². The Morgan fingerprint density at radius 2 is 1.94 bits per heavy atom. The predicted molar refractivity (Wildman–Crippen MR) is 121 cm³/mol. The number of rotatable bonds is 11. The van der Waals surface area contributed by atoms with Crippen LogP contribution in [0.3, 0.4) is 0 Å². The van der Waals surface area contributed by atoms with Crippen molar-refractivity contribution in [2.45, 2.75) is 38.3 Å². The lowest BCUT2D eigenvalue weighted by Gasteiger charge is -2.21. The van der Waals surface area contributed by atoms with Crippen molar-refractivity contribution in [3.8, 4) is 0 Å². The van der Waals surface area contributed by atoms with Crippen molar-refractivity contribution < 1.29 is 32.8 Å². The average Bonchev–Trinajstić information content (AvgIpc) is 3.13. The molecule has 1 unspecified atom stereocenters. The minimum absolute atomic E-state index is 0.0393. The number of carbonyl (C=O) groups excluding carboxylic acids is 5. The normalized spacial score (nSPS) is 19.0. The highest BCUT2D eigenvalue weighted by atomic mass is 35.5. The van der Waals surface area contributed by atoms with Crippen molar-refractivity contribution in [1.29, 1.82) is 0 Å². The molecule has 0 aromatic heterocycles. The van der Waals surface area contributed by atoms with Gasteiger partial charge in [0.2, 0.25) is 17.6 Å². The highest BCUT2D eigenvalue weighted by molar-refractivity contribution is 6.38. The molecule has 1 heterocycles. The van der Waals surface area contributed by atoms with Crippen LogP contribution in [-0.2, 0) is 19.2 Å². The molecule has 0 bridgehead atoms. The Bertz CT molecular complexity index is 961. The van der Waals surface area contributed by atoms with Gasteiger partial charge in [0.25, 0.3) is 11.8 Å². The fourth-order valence-corrected chi connectivity index (χ4v) is 3.82. The van der Waals surface area contributed by atoms with Gasteiger partial charge in [0.05, 0.1) is 29.9 Å². The molecular formula is C22H27ClF2N4O5. The quantitative estimate of drug-likeness (QED) is 0.342. The van der Waals surface area contributed by atoms with Crippen LogP contribution in [0.2, 0.25) is 5.02 Å². The molecule has 12 heteroatoms. The van der Waals surface area contributed by atoms with Gasteiger partial charge >= 0.3 is 0 Å². The van der Waals surface area contributed by atoms with Crippen LogP contribution in [0.15, 0.2) is 18.2 Å². The van der Waals surface area contributed by atoms with E-state index in [9.17, 15) is 32.8 Å². The summed E-state index contributed by atoms with van der Waals surface area (Å²) >= 11 is 6.00. The molecule has 1 saturated heterocycles. The number of halogens is 3. The number of Topliss-reactive ketones (excluding diaryl/α,β-unsaturated/α-hetero) is 1. The molecule has 2 rings (SSSR count). The van der Waals surface area contributed by atoms with Crippen molar-refractivity contribution in [3.05, 3.63) is 28.8 Å². The highest BCUT2D eigenvalue weighted by Gasteiger charge is 2.36. The first-order valence-electron chi connectivity index (χ1n) is 10.7. The predicted octanol–water partition coefficient (Wildman–Crippen LogP) is 1.55. The monoisotopic (exact) mass is 500 g/mol. The lowest BCUT2D eigenvalue weighted by atomic mass is 9.93. The Morgan fingerprint density at radius 1 is 1.24 bits per heavy atom. The van der Waals surface area contributed by atoms with Crippen LogP contribution < -0.4 is 21.3 Å². The van der Waals surface area contributed by atoms with Gasteiger partial charge in [-0.15, -0.1) is 0 Å². The number of ketones is 1. The number of anilines is 1. The Hall–Kier alpha value is -3.08. The van der Waals surface area contributed by atoms with Gasteiger partial charge in [-0.3, -0.25) is 32.8 Å². The van der Waals surface area contributed by atoms with Gasteiger partial charge in [0.1, 0.15) is 6.67 Å². The molecular weight excluding hydrogens is 474 g/mol. The molecule has 34 heavy (non-hydrogen) atoms. The van der Waals surface area contributed by atoms with Crippen LogP contribution in [-0.4, -0.2) is 61.9 Å². The molecule has 1 fully saturated rings. The molecule has 4 N–H and O–H groups in total. The van der Waals surface area contributed by atoms with Crippen LogP contribution in [0.25, 0.3) is 0 Å². The van der Waals surface area contributed by atoms with Crippen LogP contribution >= 0.6 is 11.6 Å². The number of nitrogens with one attached hydrogen (secondary N) is 4. The Balaban J connectivity index is 2.29. The molecule has 1 aromatic carbocycles. The summed E-state index contributed by atoms with van der Waals surface area (Å²) in [5.41, 5.74) is -0.194. The molecule has 0 aliphatic carbocycles. The Labute approximate surface area is 200 Å². The smallest absolute Gasteiger partial charge is 0.289 e. The van der Waals surface area contributed by atoms with Crippen LogP contribution in [0.1, 0.15) is 36.5 Å². The second-order valence-corrected chi connectivity index (χ2v) is 8.49. The summed E-state index contributed by atoms with van der Waals surface area (Å²) in [4.78, 5) is 62.1. The van der Waals surface area contributed by atoms with Crippen molar-refractivity contribution in [1.82, 2.24) is 16.0 Å². The number of carbonyl (C=O) groups is 5. The fourth-order valence-electron chi connectivity index (χ4n) is 3.65. The summed E-state index contributed by atoms with van der Waals surface area (Å²) in [6.45, 7) is -0.192. The molecule has 9 nitrogen and oxygen atoms in total. The van der Waals surface area contributed by atoms with Crippen molar-refractivity contribution in [2.24, 2.45) is 11.8 Å². The Morgan fingerprint density at radius 3 is 2.50 bits per heavy atom. The average molecular weight is 501 g/mol. The second-order valence-electron chi connectivity index (χ2n) is 8.06. The minimum atomic E-state index is -1.33. The van der Waals surface area contributed by atoms with E-state index >= 15 is 0 Å². The number of benzene rings is 1. The third-order valence-corrected chi connectivity index (χ3v) is 5.72. The minimum Gasteiger partial charge on any atom is -0.353 e. The highest BCUT2D eigenvalue weighted by Crippen LogP contribution is 2.24. The first-order valence-corrected chi connectivity index (χ1v) is 11.1. The molecule has 4 amide bonds. The summed E-state index contributed by atoms with van der Waals surface area (Å²) in [6.07, 6.45) is -0.0250. The van der Waals surface area contributed by atoms with Gasteiger partial charge in [-0.05, 0) is 44.4 Å². The lowest BCUT2D eigenvalue weighted by molar-refractivity contribution is -0.139. The third-order valence-electron chi connectivity index (χ3n) is 5.49. The summed E-state index contributed by atoms with van der Waals surface area (Å²) in [7, 11) is 1.26. The van der Waals surface area contributed by atoms with E-state index in [1.807, 2.05) is 0 Å². The molecule has 1 aromatic rings. The number of alkyl halides is 2. The number of hydrogen-bond donors (Lipinski definition) is 4. The van der Waals surface area contributed by atoms with E-state index in [2.05, 4.69) is 21.3 Å². The SMILES string of the molecule is CNC(=O)C(=O)[C@H](C[C@@H]1C[C@@H](C)NC1=O)NC(=O)c1cc(Cl)ccc1NC(=O)C(CF)CCF. The van der Waals surface area contributed by atoms with E-state index in [-0.39, 0.29) is 41.1 Å². The second kappa shape index (κ2) is 12.4. The molecule has 0 saturated carbocycles. The number of hydrogen-bond acceptors (Lipinski definition) is 5. The zero-order chi connectivity index (χ0) is 25.4. The Kier molecular flexibility index (Phi) is 9.91. The van der Waals surface area contributed by atoms with E-state index in [4.69, 9.17) is 11.6 Å². The zero-order valence-corrected chi connectivity index (χ0v) is 19.5. The van der Waals surface area contributed by atoms with E-state index in [0.717, 1.165) is 0 Å². The van der Waals surface area contributed by atoms with E-state index < -0.39 is 54.7 Å². The molecule has 1 aliphatic rings. The van der Waals surface area contributed by atoms with E-state index in [1.165, 1.54) is 25.2 Å². The van der Waals surface area contributed by atoms with E-state index in [1.54, 1.807) is 6.92 Å². The molecule has 4 atom stereocenters. The largest absolute Gasteiger partial charge is 0.353 e. The topological polar surface area (TPSA) is 133 Å². The van der Waals surface area contributed by atoms with Crippen molar-refractivity contribution >= 4 is 46.7 Å². The van der Waals surface area contributed by atoms with Gasteiger partial charge in [-0.25, -0.2) is 0 Å². The molecule has 186 valence electrons. The van der Waals surface area contributed by atoms with Crippen LogP contribution in [0, 0.1) is 11.8 Å². The van der Waals surface area contributed by atoms with Crippen molar-refractivity contribution in [3.63, 3.8) is 0 Å². The number of amides is 4.